The van der Waals surface area contributed by atoms with Crippen LogP contribution in [-0.2, 0) is 6.54 Å². The second kappa shape index (κ2) is 7.27. The van der Waals surface area contributed by atoms with Gasteiger partial charge in [-0.3, -0.25) is 4.40 Å². The summed E-state index contributed by atoms with van der Waals surface area (Å²) in [4.78, 5) is 4.90. The molecule has 1 aliphatic carbocycles. The number of anilines is 1. The Morgan fingerprint density at radius 3 is 2.60 bits per heavy atom. The molecule has 0 spiro atoms. The Bertz CT molecular complexity index is 868. The molecule has 4 rings (SSSR count). The van der Waals surface area contributed by atoms with Crippen LogP contribution in [0.5, 0.6) is 0 Å². The molecule has 130 valence electrons. The van der Waals surface area contributed by atoms with Gasteiger partial charge in [0.05, 0.1) is 15.7 Å². The first kappa shape index (κ1) is 16.7. The summed E-state index contributed by atoms with van der Waals surface area (Å²) in [6.45, 7) is 0.748. The van der Waals surface area contributed by atoms with Crippen LogP contribution in [-0.4, -0.2) is 9.38 Å². The minimum atomic E-state index is 0.488. The first-order valence-corrected chi connectivity index (χ1v) is 9.63. The van der Waals surface area contributed by atoms with Gasteiger partial charge in [-0.15, -0.1) is 0 Å². The Balaban J connectivity index is 1.75. The van der Waals surface area contributed by atoms with Crippen molar-refractivity contribution in [1.29, 1.82) is 0 Å². The molecule has 25 heavy (non-hydrogen) atoms. The van der Waals surface area contributed by atoms with Crippen molar-refractivity contribution in [2.24, 2.45) is 0 Å². The summed E-state index contributed by atoms with van der Waals surface area (Å²) in [7, 11) is 0. The highest BCUT2D eigenvalue weighted by molar-refractivity contribution is 6.36. The lowest BCUT2D eigenvalue weighted by molar-refractivity contribution is 0.438. The van der Waals surface area contributed by atoms with Gasteiger partial charge in [0, 0.05) is 18.7 Å². The summed E-state index contributed by atoms with van der Waals surface area (Å²) < 4.78 is 2.01. The van der Waals surface area contributed by atoms with E-state index in [1.807, 2.05) is 16.7 Å². The van der Waals surface area contributed by atoms with Crippen molar-refractivity contribution < 1.29 is 0 Å². The van der Waals surface area contributed by atoms with E-state index >= 15 is 0 Å². The molecule has 1 saturated carbocycles. The van der Waals surface area contributed by atoms with Crippen LogP contribution in [0.3, 0.4) is 0 Å². The van der Waals surface area contributed by atoms with E-state index in [1.54, 1.807) is 6.07 Å². The number of rotatable bonds is 4. The number of hydrogen-bond donors (Lipinski definition) is 1. The van der Waals surface area contributed by atoms with E-state index in [0.29, 0.717) is 16.0 Å². The quantitative estimate of drug-likeness (QED) is 0.581. The highest BCUT2D eigenvalue weighted by Crippen LogP contribution is 2.38. The third-order valence-electron chi connectivity index (χ3n) is 4.96. The van der Waals surface area contributed by atoms with Gasteiger partial charge in [-0.25, -0.2) is 4.98 Å². The van der Waals surface area contributed by atoms with E-state index in [1.165, 1.54) is 37.7 Å². The van der Waals surface area contributed by atoms with Crippen molar-refractivity contribution in [3.8, 4) is 0 Å². The van der Waals surface area contributed by atoms with Gasteiger partial charge in [-0.05, 0) is 24.5 Å². The fraction of sp³-hybridized carbons (Fsp3) is 0.350. The predicted octanol–water partition coefficient (Wildman–Crippen LogP) is 6.30. The molecular weight excluding hydrogens is 353 g/mol. The molecule has 2 aromatic heterocycles. The molecule has 0 atom stereocenters. The van der Waals surface area contributed by atoms with Crippen LogP contribution in [0.1, 0.15) is 49.3 Å². The van der Waals surface area contributed by atoms with Crippen molar-refractivity contribution >= 4 is 34.7 Å². The van der Waals surface area contributed by atoms with Gasteiger partial charge in [0.1, 0.15) is 5.82 Å². The van der Waals surface area contributed by atoms with Crippen LogP contribution >= 0.6 is 23.2 Å². The number of halogens is 2. The number of fused-ring (bicyclic) bond motifs is 1. The Morgan fingerprint density at radius 1 is 1.08 bits per heavy atom. The minimum Gasteiger partial charge on any atom is -0.366 e. The molecule has 0 radical (unpaired) electrons. The molecule has 1 fully saturated rings. The largest absolute Gasteiger partial charge is 0.366 e. The Morgan fingerprint density at radius 2 is 1.84 bits per heavy atom. The van der Waals surface area contributed by atoms with E-state index in [9.17, 15) is 0 Å². The van der Waals surface area contributed by atoms with E-state index in [4.69, 9.17) is 28.2 Å². The predicted molar refractivity (Wildman–Crippen MR) is 105 cm³/mol. The maximum atomic E-state index is 6.41. The summed E-state index contributed by atoms with van der Waals surface area (Å²) in [5.41, 5.74) is 3.14. The Hall–Kier alpha value is -1.71. The molecule has 5 heteroatoms. The van der Waals surface area contributed by atoms with Crippen LogP contribution in [0, 0.1) is 0 Å². The van der Waals surface area contributed by atoms with Crippen molar-refractivity contribution in [3.63, 3.8) is 0 Å². The maximum absolute atomic E-state index is 6.41. The summed E-state index contributed by atoms with van der Waals surface area (Å²) in [6, 6.07) is 12.2. The van der Waals surface area contributed by atoms with Gasteiger partial charge in [0.25, 0.3) is 0 Å². The van der Waals surface area contributed by atoms with Gasteiger partial charge in [-0.2, -0.15) is 0 Å². The molecule has 2 heterocycles. The third kappa shape index (κ3) is 3.49. The molecule has 1 aliphatic rings. The van der Waals surface area contributed by atoms with Crippen molar-refractivity contribution in [1.82, 2.24) is 9.38 Å². The summed E-state index contributed by atoms with van der Waals surface area (Å²) in [5, 5.41) is 4.80. The molecule has 1 aromatic carbocycles. The van der Waals surface area contributed by atoms with Crippen molar-refractivity contribution in [3.05, 3.63) is 63.9 Å². The molecule has 1 N–H and O–H groups in total. The third-order valence-corrected chi connectivity index (χ3v) is 5.45. The van der Waals surface area contributed by atoms with Gasteiger partial charge in [0.15, 0.2) is 5.65 Å². The van der Waals surface area contributed by atoms with Crippen molar-refractivity contribution in [2.75, 3.05) is 5.32 Å². The zero-order valence-electron chi connectivity index (χ0n) is 14.0. The van der Waals surface area contributed by atoms with Gasteiger partial charge >= 0.3 is 0 Å². The SMILES string of the molecule is Clc1cc(Cl)c2nc(C3CCCCC3)c(NCc3ccccc3)n2c1. The highest BCUT2D eigenvalue weighted by Gasteiger charge is 2.24. The molecule has 0 saturated heterocycles. The number of aromatic nitrogens is 2. The van der Waals surface area contributed by atoms with E-state index in [2.05, 4.69) is 29.6 Å². The fourth-order valence-electron chi connectivity index (χ4n) is 3.71. The summed E-state index contributed by atoms with van der Waals surface area (Å²) >= 11 is 12.7. The van der Waals surface area contributed by atoms with Gasteiger partial charge in [-0.1, -0.05) is 72.8 Å². The maximum Gasteiger partial charge on any atom is 0.157 e. The van der Waals surface area contributed by atoms with E-state index < -0.39 is 0 Å². The monoisotopic (exact) mass is 373 g/mol. The number of nitrogens with zero attached hydrogens (tertiary/aromatic N) is 2. The number of pyridine rings is 1. The molecule has 0 amide bonds. The molecule has 3 nitrogen and oxygen atoms in total. The zero-order valence-corrected chi connectivity index (χ0v) is 15.5. The molecule has 0 unspecified atom stereocenters. The van der Waals surface area contributed by atoms with Crippen molar-refractivity contribution in [2.45, 2.75) is 44.6 Å². The van der Waals surface area contributed by atoms with Gasteiger partial charge < -0.3 is 5.32 Å². The number of imidazole rings is 1. The highest BCUT2D eigenvalue weighted by atomic mass is 35.5. The topological polar surface area (TPSA) is 29.3 Å². The minimum absolute atomic E-state index is 0.488. The fourth-order valence-corrected chi connectivity index (χ4v) is 4.22. The second-order valence-electron chi connectivity index (χ2n) is 6.72. The number of hydrogen-bond acceptors (Lipinski definition) is 2. The van der Waals surface area contributed by atoms with Crippen LogP contribution in [0.2, 0.25) is 10.0 Å². The lowest BCUT2D eigenvalue weighted by atomic mass is 9.87. The average Bonchev–Trinajstić information content (AvgIpc) is 3.00. The summed E-state index contributed by atoms with van der Waals surface area (Å²) in [5.74, 6) is 1.51. The lowest BCUT2D eigenvalue weighted by Crippen LogP contribution is -2.10. The number of benzene rings is 1. The van der Waals surface area contributed by atoms with E-state index in [-0.39, 0.29) is 0 Å². The molecular formula is C20H21Cl2N3. The first-order valence-electron chi connectivity index (χ1n) is 8.87. The first-order chi connectivity index (χ1) is 12.2. The molecule has 0 aliphatic heterocycles. The second-order valence-corrected chi connectivity index (χ2v) is 7.56. The number of nitrogens with one attached hydrogen (secondary N) is 1. The van der Waals surface area contributed by atoms with Gasteiger partial charge in [0.2, 0.25) is 0 Å². The van der Waals surface area contributed by atoms with Crippen LogP contribution in [0.15, 0.2) is 42.6 Å². The molecule has 3 aromatic rings. The normalized spacial score (nSPS) is 15.6. The van der Waals surface area contributed by atoms with Crippen LogP contribution in [0.4, 0.5) is 5.82 Å². The molecule has 0 bridgehead atoms. The van der Waals surface area contributed by atoms with Crippen LogP contribution < -0.4 is 5.32 Å². The van der Waals surface area contributed by atoms with Crippen LogP contribution in [0.25, 0.3) is 5.65 Å². The van der Waals surface area contributed by atoms with E-state index in [0.717, 1.165) is 23.7 Å². The zero-order chi connectivity index (χ0) is 17.2. The summed E-state index contributed by atoms with van der Waals surface area (Å²) in [6.07, 6.45) is 8.14. The lowest BCUT2D eigenvalue weighted by Gasteiger charge is -2.21. The standard InChI is InChI=1S/C20H21Cl2N3/c21-16-11-17(22)19-24-18(15-9-5-2-6-10-15)20(25(19)13-16)23-12-14-7-3-1-4-8-14/h1,3-4,7-8,11,13,15,23H,2,5-6,9-10,12H2. The smallest absolute Gasteiger partial charge is 0.157 e. The Kier molecular flexibility index (Phi) is 4.87. The Labute approximate surface area is 158 Å². The average molecular weight is 374 g/mol.